The van der Waals surface area contributed by atoms with Gasteiger partial charge in [0.15, 0.2) is 0 Å². The minimum absolute atomic E-state index is 0.268. The molecule has 0 heterocycles. The molecule has 2 aromatic carbocycles. The van der Waals surface area contributed by atoms with Crippen molar-refractivity contribution in [2.24, 2.45) is 0 Å². The van der Waals surface area contributed by atoms with Gasteiger partial charge in [0, 0.05) is 16.0 Å². The van der Waals surface area contributed by atoms with Gasteiger partial charge in [-0.3, -0.25) is 0 Å². The Hall–Kier alpha value is -1.06. The molecule has 0 saturated heterocycles. The van der Waals surface area contributed by atoms with Crippen LogP contribution in [0.2, 0.25) is 5.02 Å². The Bertz CT molecular complexity index is 551. The van der Waals surface area contributed by atoms with Crippen molar-refractivity contribution in [3.05, 3.63) is 62.8 Å². The summed E-state index contributed by atoms with van der Waals surface area (Å²) in [4.78, 5) is 0. The molecular formula is C14H12BrClFN. The van der Waals surface area contributed by atoms with E-state index in [9.17, 15) is 4.39 Å². The highest BCUT2D eigenvalue weighted by atomic mass is 79.9. The number of anilines is 1. The molecule has 2 aromatic rings. The molecule has 0 unspecified atom stereocenters. The highest BCUT2D eigenvalue weighted by Crippen LogP contribution is 2.26. The van der Waals surface area contributed by atoms with Gasteiger partial charge in [0.1, 0.15) is 5.82 Å². The first-order valence-electron chi connectivity index (χ1n) is 5.51. The van der Waals surface area contributed by atoms with Crippen molar-refractivity contribution in [3.8, 4) is 0 Å². The maximum Gasteiger partial charge on any atom is 0.147 e. The van der Waals surface area contributed by atoms with E-state index in [1.165, 1.54) is 6.07 Å². The lowest BCUT2D eigenvalue weighted by molar-refractivity contribution is 0.629. The molecule has 4 heteroatoms. The number of aryl methyl sites for hydroxylation is 1. The molecule has 0 aliphatic carbocycles. The summed E-state index contributed by atoms with van der Waals surface area (Å²) in [6, 6.07) is 10.6. The van der Waals surface area contributed by atoms with Gasteiger partial charge in [-0.25, -0.2) is 4.39 Å². The molecule has 18 heavy (non-hydrogen) atoms. The van der Waals surface area contributed by atoms with Crippen LogP contribution in [0.4, 0.5) is 10.1 Å². The average Bonchev–Trinajstić information content (AvgIpc) is 2.31. The summed E-state index contributed by atoms with van der Waals surface area (Å²) in [7, 11) is 0. The van der Waals surface area contributed by atoms with Crippen molar-refractivity contribution in [2.45, 2.75) is 13.5 Å². The van der Waals surface area contributed by atoms with Gasteiger partial charge in [-0.15, -0.1) is 0 Å². The van der Waals surface area contributed by atoms with Crippen molar-refractivity contribution in [3.63, 3.8) is 0 Å². The largest absolute Gasteiger partial charge is 0.378 e. The second-order valence-electron chi connectivity index (χ2n) is 4.02. The number of benzene rings is 2. The normalized spacial score (nSPS) is 10.4. The smallest absolute Gasteiger partial charge is 0.147 e. The summed E-state index contributed by atoms with van der Waals surface area (Å²) in [5.41, 5.74) is 2.66. The van der Waals surface area contributed by atoms with Crippen LogP contribution in [0.25, 0.3) is 0 Å². The Kier molecular flexibility index (Phi) is 4.25. The second kappa shape index (κ2) is 5.72. The van der Waals surface area contributed by atoms with Gasteiger partial charge < -0.3 is 5.32 Å². The first-order valence-corrected chi connectivity index (χ1v) is 6.68. The van der Waals surface area contributed by atoms with Gasteiger partial charge in [0.2, 0.25) is 0 Å². The van der Waals surface area contributed by atoms with E-state index in [1.54, 1.807) is 12.1 Å². The van der Waals surface area contributed by atoms with Gasteiger partial charge >= 0.3 is 0 Å². The Morgan fingerprint density at radius 2 is 2.06 bits per heavy atom. The maximum atomic E-state index is 13.6. The van der Waals surface area contributed by atoms with E-state index in [1.807, 2.05) is 25.1 Å². The van der Waals surface area contributed by atoms with Crippen LogP contribution in [-0.2, 0) is 6.54 Å². The summed E-state index contributed by atoms with van der Waals surface area (Å²) < 4.78 is 14.3. The first kappa shape index (κ1) is 13.4. The van der Waals surface area contributed by atoms with Gasteiger partial charge in [-0.1, -0.05) is 23.7 Å². The van der Waals surface area contributed by atoms with E-state index in [4.69, 9.17) is 11.6 Å². The molecule has 1 nitrogen and oxygen atoms in total. The zero-order valence-electron chi connectivity index (χ0n) is 9.81. The van der Waals surface area contributed by atoms with E-state index < -0.39 is 0 Å². The Morgan fingerprint density at radius 1 is 1.28 bits per heavy atom. The fraction of sp³-hybridized carbons (Fsp3) is 0.143. The first-order chi connectivity index (χ1) is 8.58. The summed E-state index contributed by atoms with van der Waals surface area (Å²) in [5, 5.41) is 3.80. The summed E-state index contributed by atoms with van der Waals surface area (Å²) >= 11 is 9.22. The van der Waals surface area contributed by atoms with Gasteiger partial charge in [-0.2, -0.15) is 0 Å². The zero-order chi connectivity index (χ0) is 13.1. The lowest BCUT2D eigenvalue weighted by atomic mass is 10.1. The van der Waals surface area contributed by atoms with E-state index in [0.29, 0.717) is 21.7 Å². The molecule has 0 amide bonds. The fourth-order valence-electron chi connectivity index (χ4n) is 1.71. The van der Waals surface area contributed by atoms with Crippen LogP contribution >= 0.6 is 27.5 Å². The SMILES string of the molecule is Cc1cc(Cl)ccc1CNc1c(F)cccc1Br. The number of para-hydroxylation sites is 1. The van der Waals surface area contributed by atoms with Crippen LogP contribution in [0, 0.1) is 12.7 Å². The maximum absolute atomic E-state index is 13.6. The third kappa shape index (κ3) is 3.03. The molecule has 0 spiro atoms. The molecule has 0 atom stereocenters. The van der Waals surface area contributed by atoms with Gasteiger partial charge in [-0.05, 0) is 58.2 Å². The van der Waals surface area contributed by atoms with Crippen LogP contribution in [0.1, 0.15) is 11.1 Å². The van der Waals surface area contributed by atoms with E-state index in [-0.39, 0.29) is 5.82 Å². The lowest BCUT2D eigenvalue weighted by Gasteiger charge is -2.11. The summed E-state index contributed by atoms with van der Waals surface area (Å²) in [5.74, 6) is -0.268. The molecule has 0 saturated carbocycles. The highest BCUT2D eigenvalue weighted by Gasteiger charge is 2.06. The van der Waals surface area contributed by atoms with E-state index in [2.05, 4.69) is 21.2 Å². The predicted molar refractivity (Wildman–Crippen MR) is 77.6 cm³/mol. The van der Waals surface area contributed by atoms with Gasteiger partial charge in [0.25, 0.3) is 0 Å². The monoisotopic (exact) mass is 327 g/mol. The molecular weight excluding hydrogens is 317 g/mol. The predicted octanol–water partition coefficient (Wildman–Crippen LogP) is 5.16. The fourth-order valence-corrected chi connectivity index (χ4v) is 2.42. The molecule has 0 bridgehead atoms. The van der Waals surface area contributed by atoms with Crippen LogP contribution in [0.5, 0.6) is 0 Å². The molecule has 1 N–H and O–H groups in total. The van der Waals surface area contributed by atoms with Crippen molar-refractivity contribution in [1.82, 2.24) is 0 Å². The van der Waals surface area contributed by atoms with Crippen molar-refractivity contribution >= 4 is 33.2 Å². The molecule has 2 rings (SSSR count). The Labute approximate surface area is 119 Å². The Morgan fingerprint density at radius 3 is 2.72 bits per heavy atom. The third-order valence-electron chi connectivity index (χ3n) is 2.72. The molecule has 0 fully saturated rings. The molecule has 0 aliphatic rings. The van der Waals surface area contributed by atoms with Crippen molar-refractivity contribution in [1.29, 1.82) is 0 Å². The number of halogens is 3. The topological polar surface area (TPSA) is 12.0 Å². The van der Waals surface area contributed by atoms with Crippen LogP contribution in [-0.4, -0.2) is 0 Å². The van der Waals surface area contributed by atoms with Crippen molar-refractivity contribution < 1.29 is 4.39 Å². The standard InChI is InChI=1S/C14H12BrClFN/c1-9-7-11(16)6-5-10(9)8-18-14-12(15)3-2-4-13(14)17/h2-7,18H,8H2,1H3. The third-order valence-corrected chi connectivity index (χ3v) is 3.62. The van der Waals surface area contributed by atoms with Gasteiger partial charge in [0.05, 0.1) is 5.69 Å². The molecule has 0 radical (unpaired) electrons. The molecule has 94 valence electrons. The molecule has 0 aliphatic heterocycles. The number of hydrogen-bond donors (Lipinski definition) is 1. The quantitative estimate of drug-likeness (QED) is 0.820. The van der Waals surface area contributed by atoms with E-state index >= 15 is 0 Å². The lowest BCUT2D eigenvalue weighted by Crippen LogP contribution is -2.03. The van der Waals surface area contributed by atoms with Crippen molar-refractivity contribution in [2.75, 3.05) is 5.32 Å². The molecule has 0 aromatic heterocycles. The Balaban J connectivity index is 2.16. The second-order valence-corrected chi connectivity index (χ2v) is 5.31. The van der Waals surface area contributed by atoms with Crippen LogP contribution in [0.3, 0.4) is 0 Å². The highest BCUT2D eigenvalue weighted by molar-refractivity contribution is 9.10. The minimum Gasteiger partial charge on any atom is -0.378 e. The van der Waals surface area contributed by atoms with E-state index in [0.717, 1.165) is 11.1 Å². The summed E-state index contributed by atoms with van der Waals surface area (Å²) in [6.45, 7) is 2.54. The minimum atomic E-state index is -0.268. The summed E-state index contributed by atoms with van der Waals surface area (Å²) in [6.07, 6.45) is 0. The zero-order valence-corrected chi connectivity index (χ0v) is 12.1. The number of hydrogen-bond acceptors (Lipinski definition) is 1. The number of nitrogens with one attached hydrogen (secondary N) is 1. The van der Waals surface area contributed by atoms with Crippen LogP contribution < -0.4 is 5.32 Å². The number of rotatable bonds is 3. The average molecular weight is 329 g/mol. The van der Waals surface area contributed by atoms with Crippen LogP contribution in [0.15, 0.2) is 40.9 Å².